The molecule has 1 saturated carbocycles. The van der Waals surface area contributed by atoms with Gasteiger partial charge >= 0.3 is 12.2 Å². The van der Waals surface area contributed by atoms with Crippen LogP contribution in [0.1, 0.15) is 57.9 Å². The van der Waals surface area contributed by atoms with Crippen molar-refractivity contribution >= 4 is 67.6 Å². The highest BCUT2D eigenvalue weighted by Crippen LogP contribution is 2.44. The van der Waals surface area contributed by atoms with Crippen molar-refractivity contribution in [2.24, 2.45) is 17.8 Å². The smallest absolute Gasteiger partial charge is 0.407 e. The van der Waals surface area contributed by atoms with Crippen LogP contribution in [0.5, 0.6) is 0 Å². The molecule has 2 aliphatic rings. The number of benzene rings is 5. The lowest BCUT2D eigenvalue weighted by Gasteiger charge is -2.34. The van der Waals surface area contributed by atoms with E-state index in [9.17, 15) is 19.2 Å². The number of ether oxygens (including phenoxy) is 4. The van der Waals surface area contributed by atoms with Crippen LogP contribution in [-0.2, 0) is 41.6 Å². The van der Waals surface area contributed by atoms with E-state index in [0.717, 1.165) is 54.7 Å². The lowest BCUT2D eigenvalue weighted by atomic mass is 9.98. The summed E-state index contributed by atoms with van der Waals surface area (Å²) in [6.07, 6.45) is -1.37. The molecular weight excluding hydrogens is 853 g/mol. The molecule has 4 N–H and O–H groups in total. The van der Waals surface area contributed by atoms with Gasteiger partial charge in [0.05, 0.1) is 69.1 Å². The summed E-state index contributed by atoms with van der Waals surface area (Å²) in [5.41, 5.74) is 6.01. The molecule has 0 spiro atoms. The minimum atomic E-state index is -1.01. The van der Waals surface area contributed by atoms with Crippen LogP contribution in [0.25, 0.3) is 54.7 Å². The van der Waals surface area contributed by atoms with Crippen molar-refractivity contribution in [1.82, 2.24) is 40.4 Å². The first kappa shape index (κ1) is 45.1. The maximum atomic E-state index is 14.4. The van der Waals surface area contributed by atoms with Crippen LogP contribution in [-0.4, -0.2) is 106 Å². The molecule has 0 radical (unpaired) electrons. The number of methoxy groups -OCH3 is 2. The Bertz CT molecular complexity index is 2990. The Kier molecular flexibility index (Phi) is 12.3. The van der Waals surface area contributed by atoms with Crippen molar-refractivity contribution in [3.8, 4) is 11.1 Å². The molecule has 3 heterocycles. The van der Waals surface area contributed by atoms with Gasteiger partial charge in [-0.15, -0.1) is 0 Å². The van der Waals surface area contributed by atoms with Crippen molar-refractivity contribution < 1.29 is 38.1 Å². The van der Waals surface area contributed by atoms with Crippen LogP contribution in [0.4, 0.5) is 9.59 Å². The maximum absolute atomic E-state index is 14.4. The van der Waals surface area contributed by atoms with Gasteiger partial charge in [0.2, 0.25) is 5.91 Å². The number of nitrogens with zero attached hydrogens (tertiary/aromatic N) is 4. The molecule has 1 saturated heterocycles. The first-order chi connectivity index (χ1) is 32.2. The average molecular weight is 909 g/mol. The predicted molar refractivity (Wildman–Crippen MR) is 253 cm³/mol. The van der Waals surface area contributed by atoms with Crippen LogP contribution in [0.3, 0.4) is 0 Å². The normalized spacial score (nSPS) is 18.5. The van der Waals surface area contributed by atoms with Crippen LogP contribution in [0.15, 0.2) is 91.0 Å². The maximum Gasteiger partial charge on any atom is 0.407 e. The second-order valence-corrected chi connectivity index (χ2v) is 18.2. The quantitative estimate of drug-likeness (QED) is 0.0832. The third-order valence-corrected chi connectivity index (χ3v) is 13.4. The molecule has 2 fully saturated rings. The van der Waals surface area contributed by atoms with E-state index < -0.39 is 30.1 Å². The first-order valence-electron chi connectivity index (χ1n) is 22.7. The summed E-state index contributed by atoms with van der Waals surface area (Å²) in [5, 5.41) is 9.48. The molecule has 2 aromatic heterocycles. The second-order valence-electron chi connectivity index (χ2n) is 18.2. The lowest BCUT2D eigenvalue weighted by molar-refractivity contribution is -0.169. The van der Waals surface area contributed by atoms with Crippen molar-refractivity contribution in [3.63, 3.8) is 0 Å². The summed E-state index contributed by atoms with van der Waals surface area (Å²) in [4.78, 5) is 73.5. The van der Waals surface area contributed by atoms with E-state index in [1.807, 2.05) is 67.3 Å². The number of imidazole rings is 2. The van der Waals surface area contributed by atoms with E-state index in [-0.39, 0.29) is 55.2 Å². The number of carbonyl (C=O) groups excluding carboxylic acids is 4. The highest BCUT2D eigenvalue weighted by Gasteiger charge is 2.50. The Morgan fingerprint density at radius 2 is 1.27 bits per heavy atom. The zero-order chi connectivity index (χ0) is 47.1. The molecule has 348 valence electrons. The van der Waals surface area contributed by atoms with Gasteiger partial charge in [-0.1, -0.05) is 94.4 Å². The number of fused-ring (bicyclic) bond motifs is 6. The SMILES string of the molecule is COC(=O)N[C@H](C(=O)N(Cc1nc2ccc3cc(-c4ccc5c(ccc6nc(CN(C(=O)[C@H](NC(=O)OC)c7ccccc7)[C@H]7[C@H](C)[C@@H]7C)[nH]c65)c4)ccc3c2[nH]1)CC1(C)OCCO1)C(C)C. The Balaban J connectivity index is 0.973. The Labute approximate surface area is 387 Å². The van der Waals surface area contributed by atoms with Crippen LogP contribution >= 0.6 is 0 Å². The molecule has 1 aliphatic heterocycles. The molecule has 0 unspecified atom stereocenters. The largest absolute Gasteiger partial charge is 0.453 e. The fourth-order valence-corrected chi connectivity index (χ4v) is 9.48. The number of hydrogen-bond donors (Lipinski definition) is 4. The molecule has 7 aromatic rings. The summed E-state index contributed by atoms with van der Waals surface area (Å²) >= 11 is 0. The number of alkyl carbamates (subject to hydrolysis) is 2. The van der Waals surface area contributed by atoms with Gasteiger partial charge in [0, 0.05) is 16.8 Å². The molecule has 16 heteroatoms. The third-order valence-electron chi connectivity index (χ3n) is 13.4. The summed E-state index contributed by atoms with van der Waals surface area (Å²) in [5.74, 6) is 0.0461. The van der Waals surface area contributed by atoms with Gasteiger partial charge < -0.3 is 49.3 Å². The molecule has 9 rings (SSSR count). The Morgan fingerprint density at radius 1 is 0.731 bits per heavy atom. The van der Waals surface area contributed by atoms with E-state index in [4.69, 9.17) is 28.9 Å². The lowest BCUT2D eigenvalue weighted by Crippen LogP contribution is -2.54. The highest BCUT2D eigenvalue weighted by atomic mass is 16.7. The van der Waals surface area contributed by atoms with Crippen molar-refractivity contribution in [3.05, 3.63) is 108 Å². The Morgan fingerprint density at radius 3 is 1.79 bits per heavy atom. The van der Waals surface area contributed by atoms with Gasteiger partial charge in [-0.2, -0.15) is 0 Å². The minimum Gasteiger partial charge on any atom is -0.453 e. The van der Waals surface area contributed by atoms with E-state index in [2.05, 4.69) is 76.9 Å². The molecule has 0 bridgehead atoms. The molecule has 16 nitrogen and oxygen atoms in total. The fourth-order valence-electron chi connectivity index (χ4n) is 9.48. The number of hydrogen-bond acceptors (Lipinski definition) is 10. The van der Waals surface area contributed by atoms with Crippen molar-refractivity contribution in [1.29, 1.82) is 0 Å². The summed E-state index contributed by atoms with van der Waals surface area (Å²) in [7, 11) is 2.55. The Hall–Kier alpha value is -7.04. The number of carbonyl (C=O) groups is 4. The number of amides is 4. The van der Waals surface area contributed by atoms with Gasteiger partial charge in [-0.25, -0.2) is 19.6 Å². The van der Waals surface area contributed by atoms with Crippen molar-refractivity contribution in [2.45, 2.75) is 71.6 Å². The number of rotatable bonds is 14. The van der Waals surface area contributed by atoms with E-state index >= 15 is 0 Å². The highest BCUT2D eigenvalue weighted by molar-refractivity contribution is 6.07. The topological polar surface area (TPSA) is 193 Å². The average Bonchev–Trinajstić information content (AvgIpc) is 3.80. The predicted octanol–water partition coefficient (Wildman–Crippen LogP) is 7.97. The molecule has 67 heavy (non-hydrogen) atoms. The van der Waals surface area contributed by atoms with Crippen molar-refractivity contribution in [2.75, 3.05) is 34.0 Å². The zero-order valence-corrected chi connectivity index (χ0v) is 38.7. The van der Waals surface area contributed by atoms with Gasteiger partial charge in [-0.05, 0) is 76.4 Å². The summed E-state index contributed by atoms with van der Waals surface area (Å²) < 4.78 is 21.5. The van der Waals surface area contributed by atoms with Crippen LogP contribution in [0.2, 0.25) is 0 Å². The zero-order valence-electron chi connectivity index (χ0n) is 38.7. The van der Waals surface area contributed by atoms with Gasteiger partial charge in [0.1, 0.15) is 23.7 Å². The first-order valence-corrected chi connectivity index (χ1v) is 22.7. The van der Waals surface area contributed by atoms with Gasteiger partial charge in [0.25, 0.3) is 5.91 Å². The number of aromatic nitrogens is 4. The van der Waals surface area contributed by atoms with E-state index in [0.29, 0.717) is 30.4 Å². The number of H-pyrrole nitrogens is 2. The van der Waals surface area contributed by atoms with Gasteiger partial charge in [-0.3, -0.25) is 9.59 Å². The van der Waals surface area contributed by atoms with Crippen LogP contribution in [0, 0.1) is 17.8 Å². The van der Waals surface area contributed by atoms with Gasteiger partial charge in [0.15, 0.2) is 5.79 Å². The summed E-state index contributed by atoms with van der Waals surface area (Å²) in [6.45, 7) is 11.1. The van der Waals surface area contributed by atoms with E-state index in [1.54, 1.807) is 11.8 Å². The molecule has 5 atom stereocenters. The number of aromatic amines is 2. The second kappa shape index (κ2) is 18.3. The van der Waals surface area contributed by atoms with E-state index in [1.165, 1.54) is 14.2 Å². The monoisotopic (exact) mass is 908 g/mol. The minimum absolute atomic E-state index is 0.0121. The molecule has 5 aromatic carbocycles. The summed E-state index contributed by atoms with van der Waals surface area (Å²) in [6, 6.07) is 28.2. The number of nitrogens with one attached hydrogen (secondary N) is 4. The third kappa shape index (κ3) is 9.10. The molecule has 1 aliphatic carbocycles. The molecule has 4 amide bonds. The fraction of sp³-hybridized carbons (Fsp3) is 0.373. The standard InChI is InChI=1S/C51H56N8O8/c1-28(2)42(56-49(62)64-6)47(60)58(27-51(5)66-21-22-67-51)25-40-52-38-19-15-34-23-32(13-17-36(34)44(38)54-40)33-14-18-37-35(24-33)16-20-39-45(37)55-41(53-39)26-59(46-29(3)30(46)4)48(61)43(57-50(63)65-7)31-11-9-8-10-12-31/h8-20,23-24,28-30,42-43,46H,21-22,25-27H2,1-7H3,(H,52,54)(H,53,55)(H,56,62)(H,57,63)/t29-,30+,42-,43+,46+/m0/s1. The van der Waals surface area contributed by atoms with Crippen LogP contribution < -0.4 is 10.6 Å². The molecular formula is C51H56N8O8.